The molecule has 4 nitrogen and oxygen atoms in total. The first-order valence-electron chi connectivity index (χ1n) is 4.65. The number of hydrogen-bond donors (Lipinski definition) is 0. The lowest BCUT2D eigenvalue weighted by molar-refractivity contribution is 0.102. The van der Waals surface area contributed by atoms with Crippen LogP contribution in [0.2, 0.25) is 5.28 Å². The second-order valence-electron chi connectivity index (χ2n) is 3.17. The van der Waals surface area contributed by atoms with Gasteiger partial charge in [-0.25, -0.2) is 9.97 Å². The second-order valence-corrected chi connectivity index (χ2v) is 3.51. The molecule has 0 saturated heterocycles. The zero-order valence-corrected chi connectivity index (χ0v) is 9.27. The molecular weight excluding hydrogens is 226 g/mol. The van der Waals surface area contributed by atoms with Crippen LogP contribution in [0.5, 0.6) is 0 Å². The first-order valence-corrected chi connectivity index (χ1v) is 5.02. The molecule has 0 fully saturated rings. The molecule has 0 aliphatic rings. The molecule has 0 spiro atoms. The molecule has 1 aromatic heterocycles. The van der Waals surface area contributed by atoms with Gasteiger partial charge in [-0.1, -0.05) is 30.3 Å². The second kappa shape index (κ2) is 4.37. The zero-order chi connectivity index (χ0) is 11.5. The fraction of sp³-hybridized carbons (Fsp3) is 0.0909. The highest BCUT2D eigenvalue weighted by atomic mass is 35.5. The Hall–Kier alpha value is -1.81. The van der Waals surface area contributed by atoms with Crippen LogP contribution in [0, 0.1) is 6.92 Å². The summed E-state index contributed by atoms with van der Waals surface area (Å²) >= 11 is 5.67. The fourth-order valence-corrected chi connectivity index (χ4v) is 1.47. The van der Waals surface area contributed by atoms with Gasteiger partial charge in [-0.2, -0.15) is 4.98 Å². The average molecular weight is 234 g/mol. The van der Waals surface area contributed by atoms with E-state index in [4.69, 9.17) is 11.6 Å². The Bertz CT molecular complexity index is 508. The Labute approximate surface area is 97.3 Å². The van der Waals surface area contributed by atoms with Crippen molar-refractivity contribution in [1.29, 1.82) is 0 Å². The first kappa shape index (κ1) is 10.7. The third-order valence-electron chi connectivity index (χ3n) is 1.96. The predicted molar refractivity (Wildman–Crippen MR) is 59.4 cm³/mol. The van der Waals surface area contributed by atoms with Crippen molar-refractivity contribution in [2.45, 2.75) is 6.92 Å². The van der Waals surface area contributed by atoms with Crippen LogP contribution in [0.4, 0.5) is 0 Å². The number of ketones is 1. The van der Waals surface area contributed by atoms with E-state index in [0.29, 0.717) is 11.4 Å². The molecule has 80 valence electrons. The normalized spacial score (nSPS) is 10.1. The molecule has 16 heavy (non-hydrogen) atoms. The van der Waals surface area contributed by atoms with Crippen molar-refractivity contribution in [2.75, 3.05) is 0 Å². The molecule has 1 heterocycles. The lowest BCUT2D eigenvalue weighted by Gasteiger charge is -2.00. The van der Waals surface area contributed by atoms with Gasteiger partial charge in [0.2, 0.25) is 16.9 Å². The van der Waals surface area contributed by atoms with Crippen molar-refractivity contribution in [3.05, 3.63) is 52.8 Å². The van der Waals surface area contributed by atoms with E-state index in [1.165, 1.54) is 0 Å². The smallest absolute Gasteiger partial charge is 0.230 e. The first-order chi connectivity index (χ1) is 7.66. The van der Waals surface area contributed by atoms with E-state index in [-0.39, 0.29) is 16.9 Å². The molecule has 2 rings (SSSR count). The van der Waals surface area contributed by atoms with Crippen molar-refractivity contribution in [1.82, 2.24) is 15.0 Å². The van der Waals surface area contributed by atoms with E-state index in [1.54, 1.807) is 31.2 Å². The molecular formula is C11H8ClN3O. The van der Waals surface area contributed by atoms with Crippen molar-refractivity contribution in [3.63, 3.8) is 0 Å². The minimum Gasteiger partial charge on any atom is -0.285 e. The van der Waals surface area contributed by atoms with Crippen LogP contribution in [-0.2, 0) is 0 Å². The Morgan fingerprint density at radius 3 is 2.44 bits per heavy atom. The van der Waals surface area contributed by atoms with Crippen LogP contribution in [0.3, 0.4) is 0 Å². The Kier molecular flexibility index (Phi) is 2.92. The van der Waals surface area contributed by atoms with Crippen molar-refractivity contribution < 1.29 is 4.79 Å². The van der Waals surface area contributed by atoms with Crippen molar-refractivity contribution in [3.8, 4) is 0 Å². The number of carbonyl (C=O) groups is 1. The number of carbonyl (C=O) groups excluding carboxylic acids is 1. The molecule has 2 aromatic rings. The minimum atomic E-state index is -0.256. The van der Waals surface area contributed by atoms with E-state index in [9.17, 15) is 4.79 Å². The number of aryl methyl sites for hydroxylation is 1. The van der Waals surface area contributed by atoms with Gasteiger partial charge in [-0.15, -0.1) is 0 Å². The summed E-state index contributed by atoms with van der Waals surface area (Å²) in [4.78, 5) is 23.5. The molecule has 0 aliphatic heterocycles. The van der Waals surface area contributed by atoms with Crippen molar-refractivity contribution in [2.24, 2.45) is 0 Å². The lowest BCUT2D eigenvalue weighted by atomic mass is 10.1. The molecule has 1 aromatic carbocycles. The highest BCUT2D eigenvalue weighted by Gasteiger charge is 2.13. The molecule has 0 radical (unpaired) electrons. The molecule has 0 bridgehead atoms. The number of rotatable bonds is 2. The summed E-state index contributed by atoms with van der Waals surface area (Å²) in [6.45, 7) is 1.66. The maximum Gasteiger partial charge on any atom is 0.230 e. The molecule has 0 amide bonds. The summed E-state index contributed by atoms with van der Waals surface area (Å²) in [6.07, 6.45) is 0. The number of halogens is 1. The van der Waals surface area contributed by atoms with Crippen LogP contribution >= 0.6 is 11.6 Å². The molecule has 0 saturated carbocycles. The van der Waals surface area contributed by atoms with Crippen LogP contribution in [0.25, 0.3) is 0 Å². The van der Waals surface area contributed by atoms with Crippen LogP contribution < -0.4 is 0 Å². The van der Waals surface area contributed by atoms with Crippen LogP contribution in [-0.4, -0.2) is 20.7 Å². The molecule has 0 unspecified atom stereocenters. The van der Waals surface area contributed by atoms with Crippen LogP contribution in [0.1, 0.15) is 22.0 Å². The van der Waals surface area contributed by atoms with Crippen LogP contribution in [0.15, 0.2) is 30.3 Å². The summed E-state index contributed by atoms with van der Waals surface area (Å²) in [5.41, 5.74) is 0.532. The number of benzene rings is 1. The Balaban J connectivity index is 2.42. The number of aromatic nitrogens is 3. The summed E-state index contributed by atoms with van der Waals surface area (Å²) < 4.78 is 0. The van der Waals surface area contributed by atoms with Gasteiger partial charge < -0.3 is 0 Å². The standard InChI is InChI=1S/C11H8ClN3O/c1-7-13-10(15-11(12)14-7)9(16)8-5-3-2-4-6-8/h2-6H,1H3. The summed E-state index contributed by atoms with van der Waals surface area (Å²) in [6, 6.07) is 8.80. The van der Waals surface area contributed by atoms with E-state index in [2.05, 4.69) is 15.0 Å². The quantitative estimate of drug-likeness (QED) is 0.745. The van der Waals surface area contributed by atoms with Gasteiger partial charge >= 0.3 is 0 Å². The Morgan fingerprint density at radius 2 is 1.81 bits per heavy atom. The molecule has 0 aliphatic carbocycles. The van der Waals surface area contributed by atoms with Gasteiger partial charge in [0.25, 0.3) is 0 Å². The summed E-state index contributed by atoms with van der Waals surface area (Å²) in [5.74, 6) is 0.246. The summed E-state index contributed by atoms with van der Waals surface area (Å²) in [5, 5.41) is 0.0341. The Morgan fingerprint density at radius 1 is 1.12 bits per heavy atom. The highest BCUT2D eigenvalue weighted by molar-refractivity contribution is 6.28. The largest absolute Gasteiger partial charge is 0.285 e. The van der Waals surface area contributed by atoms with E-state index < -0.39 is 0 Å². The SMILES string of the molecule is Cc1nc(Cl)nc(C(=O)c2ccccc2)n1. The topological polar surface area (TPSA) is 55.7 Å². The minimum absolute atomic E-state index is 0.0341. The monoisotopic (exact) mass is 233 g/mol. The van der Waals surface area contributed by atoms with Gasteiger partial charge in [0, 0.05) is 5.56 Å². The third-order valence-corrected chi connectivity index (χ3v) is 2.13. The average Bonchev–Trinajstić information content (AvgIpc) is 2.28. The highest BCUT2D eigenvalue weighted by Crippen LogP contribution is 2.08. The number of nitrogens with zero attached hydrogens (tertiary/aromatic N) is 3. The zero-order valence-electron chi connectivity index (χ0n) is 8.51. The molecule has 5 heteroatoms. The summed E-state index contributed by atoms with van der Waals surface area (Å²) in [7, 11) is 0. The lowest BCUT2D eigenvalue weighted by Crippen LogP contribution is -2.09. The van der Waals surface area contributed by atoms with E-state index in [0.717, 1.165) is 0 Å². The van der Waals surface area contributed by atoms with E-state index >= 15 is 0 Å². The number of hydrogen-bond acceptors (Lipinski definition) is 4. The van der Waals surface area contributed by atoms with Gasteiger partial charge in [0.1, 0.15) is 5.82 Å². The predicted octanol–water partition coefficient (Wildman–Crippen LogP) is 2.06. The third kappa shape index (κ3) is 2.23. The maximum absolute atomic E-state index is 11.9. The fourth-order valence-electron chi connectivity index (χ4n) is 1.27. The maximum atomic E-state index is 11.9. The van der Waals surface area contributed by atoms with Gasteiger partial charge in [0.05, 0.1) is 0 Å². The van der Waals surface area contributed by atoms with Crippen molar-refractivity contribution >= 4 is 17.4 Å². The van der Waals surface area contributed by atoms with E-state index in [1.807, 2.05) is 6.07 Å². The van der Waals surface area contributed by atoms with Gasteiger partial charge in [-0.05, 0) is 18.5 Å². The van der Waals surface area contributed by atoms with Gasteiger partial charge in [0.15, 0.2) is 0 Å². The van der Waals surface area contributed by atoms with Gasteiger partial charge in [-0.3, -0.25) is 4.79 Å². The molecule has 0 N–H and O–H groups in total. The molecule has 0 atom stereocenters.